The molecule has 27 heavy (non-hydrogen) atoms. The smallest absolute Gasteiger partial charge is 0.252 e. The molecule has 1 saturated heterocycles. The Hall–Kier alpha value is -1.74. The van der Waals surface area contributed by atoms with E-state index in [1.165, 1.54) is 26.8 Å². The van der Waals surface area contributed by atoms with E-state index in [9.17, 15) is 13.2 Å². The number of rotatable bonds is 7. The highest BCUT2D eigenvalue weighted by Gasteiger charge is 2.29. The molecule has 0 unspecified atom stereocenters. The number of nitrogens with zero attached hydrogens (tertiary/aromatic N) is 2. The van der Waals surface area contributed by atoms with Crippen LogP contribution in [0.5, 0.6) is 0 Å². The Morgan fingerprint density at radius 2 is 1.85 bits per heavy atom. The molecule has 0 radical (unpaired) electrons. The number of aryl methyl sites for hydroxylation is 1. The Morgan fingerprint density at radius 3 is 2.52 bits per heavy atom. The molecule has 1 aliphatic heterocycles. The Morgan fingerprint density at radius 1 is 1.11 bits per heavy atom. The SMILES string of the molecule is Cc1ccccc1CCNC(=O)CN1CCN(S(=O)(=O)c2cccs2)CC1. The van der Waals surface area contributed by atoms with Gasteiger partial charge in [-0.2, -0.15) is 4.31 Å². The van der Waals surface area contributed by atoms with Gasteiger partial charge in [0.2, 0.25) is 5.91 Å². The fourth-order valence-electron chi connectivity index (χ4n) is 3.15. The molecule has 1 amide bonds. The van der Waals surface area contributed by atoms with Crippen LogP contribution in [0.25, 0.3) is 0 Å². The van der Waals surface area contributed by atoms with Gasteiger partial charge in [0.05, 0.1) is 6.54 Å². The van der Waals surface area contributed by atoms with Gasteiger partial charge >= 0.3 is 0 Å². The van der Waals surface area contributed by atoms with Crippen molar-refractivity contribution in [1.82, 2.24) is 14.5 Å². The Kier molecular flexibility index (Phi) is 6.64. The topological polar surface area (TPSA) is 69.7 Å². The number of piperazine rings is 1. The summed E-state index contributed by atoms with van der Waals surface area (Å²) < 4.78 is 26.9. The van der Waals surface area contributed by atoms with E-state index < -0.39 is 10.0 Å². The predicted molar refractivity (Wildman–Crippen MR) is 107 cm³/mol. The highest BCUT2D eigenvalue weighted by Crippen LogP contribution is 2.21. The van der Waals surface area contributed by atoms with Crippen LogP contribution in [0.4, 0.5) is 0 Å². The molecule has 1 aliphatic rings. The number of benzene rings is 1. The molecule has 2 aromatic rings. The number of amides is 1. The van der Waals surface area contributed by atoms with Gasteiger partial charge in [-0.25, -0.2) is 8.42 Å². The van der Waals surface area contributed by atoms with Crippen LogP contribution < -0.4 is 5.32 Å². The van der Waals surface area contributed by atoms with Gasteiger partial charge in [0, 0.05) is 32.7 Å². The highest BCUT2D eigenvalue weighted by atomic mass is 32.2. The summed E-state index contributed by atoms with van der Waals surface area (Å²) in [6.07, 6.45) is 0.811. The summed E-state index contributed by atoms with van der Waals surface area (Å²) in [6.45, 7) is 4.94. The normalized spacial score (nSPS) is 16.3. The standard InChI is InChI=1S/C19H25N3O3S2/c1-16-5-2-3-6-17(16)8-9-20-18(23)15-21-10-12-22(13-11-21)27(24,25)19-7-4-14-26-19/h2-7,14H,8-13,15H2,1H3,(H,20,23). The first-order valence-electron chi connectivity index (χ1n) is 9.04. The van der Waals surface area contributed by atoms with Crippen molar-refractivity contribution in [3.8, 4) is 0 Å². The van der Waals surface area contributed by atoms with Crippen LogP contribution in [-0.2, 0) is 21.2 Å². The van der Waals surface area contributed by atoms with Crippen LogP contribution in [0.2, 0.25) is 0 Å². The van der Waals surface area contributed by atoms with Gasteiger partial charge in [-0.15, -0.1) is 11.3 Å². The Balaban J connectivity index is 1.41. The average Bonchev–Trinajstić information content (AvgIpc) is 3.19. The Bertz CT molecular complexity index is 858. The average molecular weight is 408 g/mol. The lowest BCUT2D eigenvalue weighted by Gasteiger charge is -2.33. The van der Waals surface area contributed by atoms with Crippen molar-refractivity contribution >= 4 is 27.3 Å². The molecule has 1 N–H and O–H groups in total. The van der Waals surface area contributed by atoms with E-state index in [1.54, 1.807) is 17.5 Å². The largest absolute Gasteiger partial charge is 0.355 e. The van der Waals surface area contributed by atoms with Crippen molar-refractivity contribution in [3.63, 3.8) is 0 Å². The van der Waals surface area contributed by atoms with Crippen molar-refractivity contribution in [2.45, 2.75) is 17.6 Å². The van der Waals surface area contributed by atoms with Crippen LogP contribution in [0.1, 0.15) is 11.1 Å². The van der Waals surface area contributed by atoms with Crippen LogP contribution in [0.15, 0.2) is 46.0 Å². The molecule has 8 heteroatoms. The summed E-state index contributed by atoms with van der Waals surface area (Å²) >= 11 is 1.24. The zero-order chi connectivity index (χ0) is 19.3. The molecule has 146 valence electrons. The summed E-state index contributed by atoms with van der Waals surface area (Å²) in [5.74, 6) is -0.0156. The van der Waals surface area contributed by atoms with Crippen LogP contribution in [0, 0.1) is 6.92 Å². The lowest BCUT2D eigenvalue weighted by Crippen LogP contribution is -2.51. The van der Waals surface area contributed by atoms with Crippen molar-refractivity contribution in [1.29, 1.82) is 0 Å². The minimum atomic E-state index is -3.39. The van der Waals surface area contributed by atoms with Crippen molar-refractivity contribution < 1.29 is 13.2 Å². The molecule has 2 heterocycles. The van der Waals surface area contributed by atoms with Gasteiger partial charge in [0.25, 0.3) is 10.0 Å². The maximum Gasteiger partial charge on any atom is 0.252 e. The van der Waals surface area contributed by atoms with E-state index in [0.717, 1.165) is 6.42 Å². The van der Waals surface area contributed by atoms with Gasteiger partial charge in [-0.05, 0) is 35.9 Å². The van der Waals surface area contributed by atoms with E-state index in [4.69, 9.17) is 0 Å². The Labute approximate surface area is 164 Å². The first-order chi connectivity index (χ1) is 13.0. The third-order valence-corrected chi connectivity index (χ3v) is 8.04. The fraction of sp³-hybridized carbons (Fsp3) is 0.421. The molecular formula is C19H25N3O3S2. The maximum absolute atomic E-state index is 12.5. The quantitative estimate of drug-likeness (QED) is 0.759. The number of nitrogens with one attached hydrogen (secondary N) is 1. The van der Waals surface area contributed by atoms with Crippen LogP contribution >= 0.6 is 11.3 Å². The lowest BCUT2D eigenvalue weighted by atomic mass is 10.1. The van der Waals surface area contributed by atoms with Crippen LogP contribution in [-0.4, -0.2) is 62.8 Å². The second kappa shape index (κ2) is 8.97. The van der Waals surface area contributed by atoms with Crippen molar-refractivity contribution in [2.24, 2.45) is 0 Å². The fourth-order valence-corrected chi connectivity index (χ4v) is 5.72. The molecule has 1 aromatic heterocycles. The first-order valence-corrected chi connectivity index (χ1v) is 11.4. The monoisotopic (exact) mass is 407 g/mol. The minimum Gasteiger partial charge on any atom is -0.355 e. The number of hydrogen-bond donors (Lipinski definition) is 1. The van der Waals surface area contributed by atoms with E-state index >= 15 is 0 Å². The zero-order valence-electron chi connectivity index (χ0n) is 15.4. The molecule has 1 fully saturated rings. The molecule has 6 nitrogen and oxygen atoms in total. The van der Waals surface area contributed by atoms with Gasteiger partial charge < -0.3 is 5.32 Å². The molecular weight excluding hydrogens is 382 g/mol. The molecule has 0 bridgehead atoms. The van der Waals surface area contributed by atoms with Crippen molar-refractivity contribution in [2.75, 3.05) is 39.3 Å². The summed E-state index contributed by atoms with van der Waals surface area (Å²) in [5, 5.41) is 4.73. The molecule has 3 rings (SSSR count). The highest BCUT2D eigenvalue weighted by molar-refractivity contribution is 7.91. The second-order valence-electron chi connectivity index (χ2n) is 6.64. The summed E-state index contributed by atoms with van der Waals surface area (Å²) in [5.41, 5.74) is 2.47. The summed E-state index contributed by atoms with van der Waals surface area (Å²) in [6, 6.07) is 11.5. The van der Waals surface area contributed by atoms with E-state index in [-0.39, 0.29) is 5.91 Å². The number of thiophene rings is 1. The van der Waals surface area contributed by atoms with Crippen LogP contribution in [0.3, 0.4) is 0 Å². The molecule has 0 aliphatic carbocycles. The minimum absolute atomic E-state index is 0.0156. The zero-order valence-corrected chi connectivity index (χ0v) is 17.1. The van der Waals surface area contributed by atoms with E-state index in [1.807, 2.05) is 17.0 Å². The van der Waals surface area contributed by atoms with Gasteiger partial charge in [0.1, 0.15) is 4.21 Å². The van der Waals surface area contributed by atoms with Gasteiger partial charge in [0.15, 0.2) is 0 Å². The predicted octanol–water partition coefficient (Wildman–Crippen LogP) is 1.72. The van der Waals surface area contributed by atoms with Gasteiger partial charge in [-0.3, -0.25) is 9.69 Å². The number of hydrogen-bond acceptors (Lipinski definition) is 5. The number of carbonyl (C=O) groups is 1. The number of carbonyl (C=O) groups excluding carboxylic acids is 1. The molecule has 0 spiro atoms. The van der Waals surface area contributed by atoms with E-state index in [2.05, 4.69) is 24.4 Å². The third-order valence-electron chi connectivity index (χ3n) is 4.77. The van der Waals surface area contributed by atoms with Crippen molar-refractivity contribution in [3.05, 3.63) is 52.9 Å². The number of sulfonamides is 1. The lowest BCUT2D eigenvalue weighted by molar-refractivity contribution is -0.122. The van der Waals surface area contributed by atoms with Gasteiger partial charge in [-0.1, -0.05) is 30.3 Å². The van der Waals surface area contributed by atoms with E-state index in [0.29, 0.717) is 43.5 Å². The molecule has 0 saturated carbocycles. The first kappa shape index (κ1) is 20.0. The summed E-state index contributed by atoms with van der Waals surface area (Å²) in [4.78, 5) is 14.2. The second-order valence-corrected chi connectivity index (χ2v) is 9.75. The third kappa shape index (κ3) is 5.16. The maximum atomic E-state index is 12.5. The summed E-state index contributed by atoms with van der Waals surface area (Å²) in [7, 11) is -3.39. The molecule has 0 atom stereocenters. The molecule has 1 aromatic carbocycles.